The van der Waals surface area contributed by atoms with Gasteiger partial charge in [0.1, 0.15) is 5.65 Å². The van der Waals surface area contributed by atoms with Gasteiger partial charge in [0.05, 0.1) is 0 Å². The molecule has 0 unspecified atom stereocenters. The van der Waals surface area contributed by atoms with Gasteiger partial charge in [-0.3, -0.25) is 0 Å². The normalized spacial score (nSPS) is 13.5. The van der Waals surface area contributed by atoms with E-state index in [0.29, 0.717) is 0 Å². The van der Waals surface area contributed by atoms with Gasteiger partial charge in [-0.15, -0.1) is 0 Å². The Bertz CT molecular complexity index is 433. The molecule has 2 heterocycles. The van der Waals surface area contributed by atoms with Crippen molar-refractivity contribution in [2.45, 2.75) is 13.0 Å². The summed E-state index contributed by atoms with van der Waals surface area (Å²) in [7, 11) is 0. The number of H-pyrrole nitrogens is 1. The highest BCUT2D eigenvalue weighted by Gasteiger charge is 2.05. The van der Waals surface area contributed by atoms with Crippen molar-refractivity contribution in [3.8, 4) is 0 Å². The molecule has 0 aliphatic heterocycles. The Kier molecular flexibility index (Phi) is 2.25. The van der Waals surface area contributed by atoms with Crippen molar-refractivity contribution in [3.63, 3.8) is 0 Å². The molecule has 0 amide bonds. The van der Waals surface area contributed by atoms with E-state index in [9.17, 15) is 0 Å². The molecular formula is C9H10IN3. The van der Waals surface area contributed by atoms with E-state index in [1.807, 2.05) is 19.3 Å². The number of hydrogen-bond acceptors (Lipinski definition) is 2. The molecule has 2 aromatic rings. The zero-order chi connectivity index (χ0) is 9.42. The lowest BCUT2D eigenvalue weighted by molar-refractivity contribution is 0.814. The van der Waals surface area contributed by atoms with E-state index >= 15 is 0 Å². The molecule has 0 saturated carbocycles. The van der Waals surface area contributed by atoms with E-state index in [0.717, 1.165) is 16.6 Å². The van der Waals surface area contributed by atoms with Crippen molar-refractivity contribution in [2.75, 3.05) is 0 Å². The molecule has 68 valence electrons. The minimum absolute atomic E-state index is 0.0441. The first-order valence-electron chi connectivity index (χ1n) is 4.06. The van der Waals surface area contributed by atoms with Crippen LogP contribution in [-0.4, -0.2) is 9.97 Å². The lowest BCUT2D eigenvalue weighted by atomic mass is 10.1. The summed E-state index contributed by atoms with van der Waals surface area (Å²) in [5, 5.41) is 1.15. The van der Waals surface area contributed by atoms with Crippen molar-refractivity contribution in [1.82, 2.24) is 9.97 Å². The number of rotatable bonds is 1. The zero-order valence-corrected chi connectivity index (χ0v) is 9.37. The molecule has 0 fully saturated rings. The highest BCUT2D eigenvalue weighted by Crippen LogP contribution is 2.21. The van der Waals surface area contributed by atoms with Gasteiger partial charge in [-0.1, -0.05) is 0 Å². The quantitative estimate of drug-likeness (QED) is 0.790. The van der Waals surface area contributed by atoms with Crippen LogP contribution >= 0.6 is 22.6 Å². The first kappa shape index (κ1) is 8.96. The Morgan fingerprint density at radius 3 is 3.08 bits per heavy atom. The van der Waals surface area contributed by atoms with E-state index < -0.39 is 0 Å². The minimum atomic E-state index is 0.0441. The molecule has 4 heteroatoms. The van der Waals surface area contributed by atoms with Crippen LogP contribution < -0.4 is 5.73 Å². The summed E-state index contributed by atoms with van der Waals surface area (Å²) in [5.41, 5.74) is 7.77. The molecule has 2 aromatic heterocycles. The highest BCUT2D eigenvalue weighted by molar-refractivity contribution is 14.1. The average Bonchev–Trinajstić information content (AvgIpc) is 2.47. The van der Waals surface area contributed by atoms with Gasteiger partial charge in [-0.2, -0.15) is 0 Å². The summed E-state index contributed by atoms with van der Waals surface area (Å²) in [6, 6.07) is 2.13. The maximum atomic E-state index is 5.77. The van der Waals surface area contributed by atoms with E-state index in [1.54, 1.807) is 0 Å². The largest absolute Gasteiger partial charge is 0.345 e. The molecular weight excluding hydrogens is 277 g/mol. The van der Waals surface area contributed by atoms with Crippen LogP contribution in [0.4, 0.5) is 0 Å². The minimum Gasteiger partial charge on any atom is -0.345 e. The zero-order valence-electron chi connectivity index (χ0n) is 7.21. The SMILES string of the molecule is C[C@H](N)c1cnc2[nH]cc(I)c2c1. The predicted molar refractivity (Wildman–Crippen MR) is 61.4 cm³/mol. The Morgan fingerprint density at radius 2 is 2.38 bits per heavy atom. The van der Waals surface area contributed by atoms with E-state index in [4.69, 9.17) is 5.73 Å². The van der Waals surface area contributed by atoms with Crippen LogP contribution in [0.25, 0.3) is 11.0 Å². The molecule has 1 atom stereocenters. The number of fused-ring (bicyclic) bond motifs is 1. The number of nitrogens with one attached hydrogen (secondary N) is 1. The lowest BCUT2D eigenvalue weighted by Crippen LogP contribution is -2.04. The number of nitrogens with two attached hydrogens (primary N) is 1. The number of nitrogens with zero attached hydrogens (tertiary/aromatic N) is 1. The third-order valence-electron chi connectivity index (χ3n) is 2.03. The van der Waals surface area contributed by atoms with Crippen LogP contribution in [0, 0.1) is 3.57 Å². The van der Waals surface area contributed by atoms with Gasteiger partial charge >= 0.3 is 0 Å². The second kappa shape index (κ2) is 3.26. The van der Waals surface area contributed by atoms with E-state index in [1.165, 1.54) is 3.57 Å². The lowest BCUT2D eigenvalue weighted by Gasteiger charge is -2.03. The summed E-state index contributed by atoms with van der Waals surface area (Å²) in [6.45, 7) is 1.96. The third kappa shape index (κ3) is 1.55. The standard InChI is InChI=1S/C9H10IN3/c1-5(11)6-2-7-8(10)4-13-9(7)12-3-6/h2-5H,11H2,1H3,(H,12,13)/t5-/m0/s1. The maximum absolute atomic E-state index is 5.77. The van der Waals surface area contributed by atoms with Crippen LogP contribution in [0.2, 0.25) is 0 Å². The van der Waals surface area contributed by atoms with Crippen LogP contribution in [0.15, 0.2) is 18.5 Å². The molecule has 0 bridgehead atoms. The number of hydrogen-bond donors (Lipinski definition) is 2. The average molecular weight is 287 g/mol. The third-order valence-corrected chi connectivity index (χ3v) is 2.92. The topological polar surface area (TPSA) is 54.7 Å². The fourth-order valence-electron chi connectivity index (χ4n) is 1.24. The molecule has 0 radical (unpaired) electrons. The first-order valence-corrected chi connectivity index (χ1v) is 5.14. The fourth-order valence-corrected chi connectivity index (χ4v) is 1.80. The van der Waals surface area contributed by atoms with Gasteiger partial charge in [0.25, 0.3) is 0 Å². The Hall–Kier alpha value is -0.620. The summed E-state index contributed by atoms with van der Waals surface area (Å²) < 4.78 is 1.18. The smallest absolute Gasteiger partial charge is 0.138 e. The Balaban J connectivity index is 2.66. The van der Waals surface area contributed by atoms with Crippen molar-refractivity contribution in [3.05, 3.63) is 27.6 Å². The molecule has 2 rings (SSSR count). The molecule has 0 spiro atoms. The number of aromatic nitrogens is 2. The van der Waals surface area contributed by atoms with Crippen molar-refractivity contribution in [1.29, 1.82) is 0 Å². The summed E-state index contributed by atoms with van der Waals surface area (Å²) >= 11 is 2.28. The van der Waals surface area contributed by atoms with Crippen LogP contribution in [0.5, 0.6) is 0 Å². The Morgan fingerprint density at radius 1 is 1.62 bits per heavy atom. The second-order valence-corrected chi connectivity index (χ2v) is 4.25. The van der Waals surface area contributed by atoms with Gasteiger partial charge in [0.2, 0.25) is 0 Å². The van der Waals surface area contributed by atoms with Gasteiger partial charge < -0.3 is 10.7 Å². The van der Waals surface area contributed by atoms with Crippen molar-refractivity contribution in [2.24, 2.45) is 5.73 Å². The van der Waals surface area contributed by atoms with Gasteiger partial charge in [0, 0.05) is 27.4 Å². The van der Waals surface area contributed by atoms with Crippen molar-refractivity contribution < 1.29 is 0 Å². The molecule has 3 N–H and O–H groups in total. The summed E-state index contributed by atoms with van der Waals surface area (Å²) in [6.07, 6.45) is 3.77. The van der Waals surface area contributed by atoms with Gasteiger partial charge in [-0.25, -0.2) is 4.98 Å². The molecule has 0 aliphatic carbocycles. The number of pyridine rings is 1. The summed E-state index contributed by atoms with van der Waals surface area (Å²) in [5.74, 6) is 0. The molecule has 3 nitrogen and oxygen atoms in total. The van der Waals surface area contributed by atoms with Gasteiger partial charge in [0.15, 0.2) is 0 Å². The highest BCUT2D eigenvalue weighted by atomic mass is 127. The monoisotopic (exact) mass is 287 g/mol. The second-order valence-electron chi connectivity index (χ2n) is 3.09. The predicted octanol–water partition coefficient (Wildman–Crippen LogP) is 2.19. The van der Waals surface area contributed by atoms with Crippen LogP contribution in [0.3, 0.4) is 0 Å². The maximum Gasteiger partial charge on any atom is 0.138 e. The van der Waals surface area contributed by atoms with Crippen LogP contribution in [-0.2, 0) is 0 Å². The fraction of sp³-hybridized carbons (Fsp3) is 0.222. The van der Waals surface area contributed by atoms with Crippen LogP contribution in [0.1, 0.15) is 18.5 Å². The van der Waals surface area contributed by atoms with E-state index in [-0.39, 0.29) is 6.04 Å². The first-order chi connectivity index (χ1) is 6.18. The molecule has 0 aromatic carbocycles. The number of halogens is 1. The van der Waals surface area contributed by atoms with Gasteiger partial charge in [-0.05, 0) is 41.1 Å². The van der Waals surface area contributed by atoms with Crippen molar-refractivity contribution >= 4 is 33.6 Å². The van der Waals surface area contributed by atoms with E-state index in [2.05, 4.69) is 38.6 Å². The molecule has 0 saturated heterocycles. The number of aromatic amines is 1. The molecule has 13 heavy (non-hydrogen) atoms. The summed E-state index contributed by atoms with van der Waals surface area (Å²) in [4.78, 5) is 7.38. The molecule has 0 aliphatic rings. The Labute approximate surface area is 89.9 Å².